The van der Waals surface area contributed by atoms with Crippen molar-refractivity contribution >= 4 is 5.97 Å². The zero-order valence-corrected chi connectivity index (χ0v) is 7.21. The number of nitrogens with zero attached hydrogens (tertiary/aromatic N) is 2. The summed E-state index contributed by atoms with van der Waals surface area (Å²) in [4.78, 5) is 25.4. The maximum Gasteiger partial charge on any atom is 0.330 e. The molecular formula is C8H8N2O4. The predicted molar refractivity (Wildman–Crippen MR) is 45.7 cm³/mol. The number of carbonyl (C=O) groups is 1. The lowest BCUT2D eigenvalue weighted by molar-refractivity contribution is -0.139. The van der Waals surface area contributed by atoms with Crippen LogP contribution in [0.3, 0.4) is 0 Å². The molecule has 0 aromatic carbocycles. The van der Waals surface area contributed by atoms with Crippen molar-refractivity contribution in [3.05, 3.63) is 41.1 Å². The smallest absolute Gasteiger partial charge is 0.330 e. The lowest BCUT2D eigenvalue weighted by Crippen LogP contribution is -2.23. The summed E-state index contributed by atoms with van der Waals surface area (Å²) < 4.78 is 4.93. The van der Waals surface area contributed by atoms with Gasteiger partial charge >= 0.3 is 11.5 Å². The van der Waals surface area contributed by atoms with Crippen molar-refractivity contribution in [2.75, 3.05) is 0 Å². The van der Waals surface area contributed by atoms with Crippen LogP contribution in [0.1, 0.15) is 5.69 Å². The van der Waals surface area contributed by atoms with Crippen molar-refractivity contribution in [2.45, 2.75) is 6.61 Å². The van der Waals surface area contributed by atoms with Gasteiger partial charge in [0, 0.05) is 12.3 Å². The van der Waals surface area contributed by atoms with Crippen molar-refractivity contribution < 1.29 is 14.7 Å². The molecule has 0 amide bonds. The van der Waals surface area contributed by atoms with Crippen LogP contribution in [0, 0.1) is 0 Å². The van der Waals surface area contributed by atoms with Gasteiger partial charge in [0.2, 0.25) is 0 Å². The topological polar surface area (TPSA) is 81.4 Å². The molecule has 6 heteroatoms. The van der Waals surface area contributed by atoms with Gasteiger partial charge in [-0.2, -0.15) is 4.73 Å². The van der Waals surface area contributed by atoms with E-state index in [1.807, 2.05) is 0 Å². The van der Waals surface area contributed by atoms with Gasteiger partial charge in [0.25, 0.3) is 0 Å². The Kier molecular flexibility index (Phi) is 3.01. The normalized spacial score (nSPS) is 9.43. The summed E-state index contributed by atoms with van der Waals surface area (Å²) in [6, 6.07) is 0. The maximum atomic E-state index is 11.1. The highest BCUT2D eigenvalue weighted by Gasteiger charge is 2.05. The third-order valence-corrected chi connectivity index (χ3v) is 1.41. The minimum Gasteiger partial charge on any atom is -0.456 e. The Morgan fingerprint density at radius 1 is 1.79 bits per heavy atom. The Hall–Kier alpha value is -2.11. The Bertz CT molecular complexity index is 410. The highest BCUT2D eigenvalue weighted by atomic mass is 16.5. The quantitative estimate of drug-likeness (QED) is 0.408. The largest absolute Gasteiger partial charge is 0.456 e. The fourth-order valence-corrected chi connectivity index (χ4v) is 0.739. The fraction of sp³-hybridized carbons (Fsp3) is 0.125. The maximum absolute atomic E-state index is 11.1. The molecule has 0 radical (unpaired) electrons. The lowest BCUT2D eigenvalue weighted by atomic mass is 10.4. The van der Waals surface area contributed by atoms with Crippen LogP contribution in [0.5, 0.6) is 0 Å². The summed E-state index contributed by atoms with van der Waals surface area (Å²) in [7, 11) is 0. The molecule has 0 aliphatic heterocycles. The zero-order chi connectivity index (χ0) is 10.6. The molecular weight excluding hydrogens is 188 g/mol. The summed E-state index contributed by atoms with van der Waals surface area (Å²) in [6.07, 6.45) is 3.28. The van der Waals surface area contributed by atoms with Crippen molar-refractivity contribution in [3.63, 3.8) is 0 Å². The van der Waals surface area contributed by atoms with Gasteiger partial charge in [-0.15, -0.1) is 0 Å². The van der Waals surface area contributed by atoms with Gasteiger partial charge in [-0.1, -0.05) is 6.58 Å². The number of hydrogen-bond donors (Lipinski definition) is 1. The van der Waals surface area contributed by atoms with Crippen LogP contribution in [0.4, 0.5) is 0 Å². The summed E-state index contributed by atoms with van der Waals surface area (Å²) in [5.74, 6) is -0.653. The number of ether oxygens (including phenoxy) is 1. The molecule has 6 nitrogen and oxygen atoms in total. The van der Waals surface area contributed by atoms with Crippen molar-refractivity contribution in [1.29, 1.82) is 0 Å². The summed E-state index contributed by atoms with van der Waals surface area (Å²) in [5, 5.41) is 8.93. The van der Waals surface area contributed by atoms with Gasteiger partial charge in [-0.25, -0.2) is 4.79 Å². The lowest BCUT2D eigenvalue weighted by Gasteiger charge is -2.01. The van der Waals surface area contributed by atoms with Gasteiger partial charge < -0.3 is 9.94 Å². The van der Waals surface area contributed by atoms with Crippen molar-refractivity contribution in [2.24, 2.45) is 0 Å². The monoisotopic (exact) mass is 196 g/mol. The minimum atomic E-state index is -0.718. The van der Waals surface area contributed by atoms with Crippen LogP contribution in [-0.4, -0.2) is 20.9 Å². The average Bonchev–Trinajstić information content (AvgIpc) is 2.20. The molecule has 0 aliphatic rings. The third-order valence-electron chi connectivity index (χ3n) is 1.41. The molecule has 0 spiro atoms. The van der Waals surface area contributed by atoms with E-state index in [-0.39, 0.29) is 12.3 Å². The van der Waals surface area contributed by atoms with Gasteiger partial charge in [0.05, 0.1) is 6.20 Å². The fourth-order valence-electron chi connectivity index (χ4n) is 0.739. The van der Waals surface area contributed by atoms with E-state index >= 15 is 0 Å². The first-order valence-electron chi connectivity index (χ1n) is 3.70. The molecule has 0 aliphatic carbocycles. The molecule has 0 unspecified atom stereocenters. The van der Waals surface area contributed by atoms with E-state index < -0.39 is 11.5 Å². The third kappa shape index (κ3) is 2.19. The van der Waals surface area contributed by atoms with E-state index in [1.165, 1.54) is 6.20 Å². The van der Waals surface area contributed by atoms with Crippen molar-refractivity contribution in [3.8, 4) is 0 Å². The Morgan fingerprint density at radius 3 is 3.14 bits per heavy atom. The molecule has 14 heavy (non-hydrogen) atoms. The van der Waals surface area contributed by atoms with Gasteiger partial charge in [0.15, 0.2) is 0 Å². The molecule has 0 saturated carbocycles. The molecule has 1 heterocycles. The summed E-state index contributed by atoms with van der Waals surface area (Å²) >= 11 is 0. The second-order valence-corrected chi connectivity index (χ2v) is 2.34. The molecule has 1 aromatic heterocycles. The van der Waals surface area contributed by atoms with Crippen molar-refractivity contribution in [1.82, 2.24) is 9.71 Å². The van der Waals surface area contributed by atoms with Gasteiger partial charge in [-0.3, -0.25) is 9.78 Å². The van der Waals surface area contributed by atoms with Crippen LogP contribution in [0.25, 0.3) is 0 Å². The number of esters is 1. The second-order valence-electron chi connectivity index (χ2n) is 2.34. The summed E-state index contributed by atoms with van der Waals surface area (Å²) in [5.41, 5.74) is -0.769. The molecule has 0 saturated heterocycles. The van der Waals surface area contributed by atoms with E-state index in [2.05, 4.69) is 16.3 Å². The predicted octanol–water partition coefficient (Wildman–Crippen LogP) is -0.290. The van der Waals surface area contributed by atoms with Gasteiger partial charge in [-0.05, 0) is 0 Å². The molecule has 0 atom stereocenters. The number of carbonyl (C=O) groups excluding carboxylic acids is 1. The molecule has 1 N–H and O–H groups in total. The first kappa shape index (κ1) is 9.97. The molecule has 1 rings (SSSR count). The summed E-state index contributed by atoms with van der Waals surface area (Å²) in [6.45, 7) is 2.90. The molecule has 1 aromatic rings. The standard InChI is InChI=1S/C8H8N2O4/c1-2-7(11)14-5-6-8(12)10(13)4-3-9-6/h2-4,13H,1,5H2. The SMILES string of the molecule is C=CC(=O)OCc1nccn(O)c1=O. The van der Waals surface area contributed by atoms with E-state index in [9.17, 15) is 9.59 Å². The highest BCUT2D eigenvalue weighted by molar-refractivity contribution is 5.81. The average molecular weight is 196 g/mol. The second kappa shape index (κ2) is 4.22. The number of aromatic nitrogens is 2. The van der Waals surface area contributed by atoms with E-state index in [1.54, 1.807) is 0 Å². The molecule has 74 valence electrons. The molecule has 0 bridgehead atoms. The molecule has 0 fully saturated rings. The van der Waals surface area contributed by atoms with E-state index in [0.29, 0.717) is 4.73 Å². The Morgan fingerprint density at radius 2 is 2.50 bits per heavy atom. The van der Waals surface area contributed by atoms with Crippen LogP contribution in [-0.2, 0) is 16.1 Å². The number of rotatable bonds is 3. The van der Waals surface area contributed by atoms with E-state index in [4.69, 9.17) is 5.21 Å². The zero-order valence-electron chi connectivity index (χ0n) is 7.21. The minimum absolute atomic E-state index is 0.0507. The van der Waals surface area contributed by atoms with Crippen LogP contribution < -0.4 is 5.56 Å². The van der Waals surface area contributed by atoms with E-state index in [0.717, 1.165) is 12.3 Å². The first-order chi connectivity index (χ1) is 6.65. The van der Waals surface area contributed by atoms with Gasteiger partial charge in [0.1, 0.15) is 12.3 Å². The highest BCUT2D eigenvalue weighted by Crippen LogP contribution is 1.90. The van der Waals surface area contributed by atoms with Crippen LogP contribution in [0.15, 0.2) is 29.8 Å². The first-order valence-corrected chi connectivity index (χ1v) is 3.70. The number of hydrogen-bond acceptors (Lipinski definition) is 5. The van der Waals surface area contributed by atoms with Crippen LogP contribution in [0.2, 0.25) is 0 Å². The Labute approximate surface area is 79.0 Å². The Balaban J connectivity index is 2.78. The van der Waals surface area contributed by atoms with Crippen LogP contribution >= 0.6 is 0 Å².